The number of hydrogen-bond acceptors (Lipinski definition) is 8. The van der Waals surface area contributed by atoms with E-state index < -0.39 is 35.1 Å². The molecular weight excluding hydrogens is 248 g/mol. The van der Waals surface area contributed by atoms with E-state index in [1.807, 2.05) is 0 Å². The highest BCUT2D eigenvalue weighted by Gasteiger charge is 2.39. The van der Waals surface area contributed by atoms with Gasteiger partial charge in [0.2, 0.25) is 20.0 Å². The summed E-state index contributed by atoms with van der Waals surface area (Å²) < 4.78 is 0. The summed E-state index contributed by atoms with van der Waals surface area (Å²) in [4.78, 5) is 45.0. The van der Waals surface area contributed by atoms with Crippen molar-refractivity contribution in [3.05, 3.63) is 40.3 Å². The van der Waals surface area contributed by atoms with Crippen molar-refractivity contribution in [1.29, 1.82) is 0 Å². The predicted molar refractivity (Wildman–Crippen MR) is 47.8 cm³/mol. The van der Waals surface area contributed by atoms with E-state index in [1.165, 1.54) is 0 Å². The fourth-order valence-corrected chi connectivity index (χ4v) is 1.01. The maximum absolute atomic E-state index is 10.3. The Morgan fingerprint density at radius 1 is 0.647 bits per heavy atom. The normalized spacial score (nSPS) is 14.7. The molecule has 14 heteroatoms. The minimum absolute atomic E-state index is 0.370. The Morgan fingerprint density at radius 2 is 0.824 bits per heavy atom. The highest BCUT2D eigenvalue weighted by molar-refractivity contribution is 4.50. The SMILES string of the molecule is O=O.O=[N+]([O-])N1CN([N+](=O)[O-])CN([N+](=O)[O-])C1. The van der Waals surface area contributed by atoms with Crippen molar-refractivity contribution in [3.63, 3.8) is 0 Å². The van der Waals surface area contributed by atoms with E-state index >= 15 is 0 Å². The van der Waals surface area contributed by atoms with Crippen LogP contribution in [0, 0.1) is 40.3 Å². The standard InChI is InChI=1S/C3H6N6O6.O2/c10-7(11)4-1-5(8(12)13)3-6(2-4)9(14)15;1-2/h1-3H2;. The fraction of sp³-hybridized carbons (Fsp3) is 1.00. The van der Waals surface area contributed by atoms with Gasteiger partial charge in [0, 0.05) is 9.93 Å². The average Bonchev–Trinajstić information content (AvgIpc) is 2.30. The number of hydrazine groups is 3. The van der Waals surface area contributed by atoms with Crippen LogP contribution in [0.4, 0.5) is 0 Å². The number of nitro groups is 3. The number of nitrogens with zero attached hydrogens (tertiary/aromatic N) is 6. The molecule has 1 aliphatic rings. The van der Waals surface area contributed by atoms with Crippen LogP contribution in [0.3, 0.4) is 0 Å². The Bertz CT molecular complexity index is 267. The van der Waals surface area contributed by atoms with E-state index in [2.05, 4.69) is 0 Å². The molecule has 0 saturated carbocycles. The maximum atomic E-state index is 10.3. The first-order valence-electron chi connectivity index (χ1n) is 3.76. The fourth-order valence-electron chi connectivity index (χ4n) is 1.01. The van der Waals surface area contributed by atoms with Gasteiger partial charge in [0.25, 0.3) is 0 Å². The van der Waals surface area contributed by atoms with Crippen LogP contribution in [-0.2, 0) is 0 Å². The zero-order valence-corrected chi connectivity index (χ0v) is 8.07. The van der Waals surface area contributed by atoms with E-state index in [-0.39, 0.29) is 0 Å². The molecule has 0 aromatic heterocycles. The zero-order chi connectivity index (χ0) is 13.6. The third-order valence-corrected chi connectivity index (χ3v) is 1.67. The van der Waals surface area contributed by atoms with Gasteiger partial charge in [-0.05, 0) is 0 Å². The molecule has 0 N–H and O–H groups in total. The van der Waals surface area contributed by atoms with Gasteiger partial charge in [-0.2, -0.15) is 0 Å². The summed E-state index contributed by atoms with van der Waals surface area (Å²) in [6.07, 6.45) is 0. The first-order chi connectivity index (χ1) is 7.91. The molecule has 0 aromatic rings. The van der Waals surface area contributed by atoms with Crippen molar-refractivity contribution >= 4 is 0 Å². The molecule has 0 amide bonds. The minimum atomic E-state index is -0.924. The molecule has 14 nitrogen and oxygen atoms in total. The summed E-state index contributed by atoms with van der Waals surface area (Å²) in [7, 11) is 0. The van der Waals surface area contributed by atoms with Crippen molar-refractivity contribution in [2.24, 2.45) is 0 Å². The number of rotatable bonds is 3. The van der Waals surface area contributed by atoms with Gasteiger partial charge in [0.05, 0.1) is 0 Å². The second-order valence-corrected chi connectivity index (χ2v) is 2.66. The van der Waals surface area contributed by atoms with Crippen LogP contribution in [0.1, 0.15) is 0 Å². The Balaban J connectivity index is 0.00000121. The molecule has 0 bridgehead atoms. The Labute approximate surface area is 91.6 Å². The van der Waals surface area contributed by atoms with E-state index in [1.54, 1.807) is 0 Å². The Kier molecular flexibility index (Phi) is 4.95. The molecule has 0 aliphatic carbocycles. The van der Waals surface area contributed by atoms with Gasteiger partial charge in [-0.1, -0.05) is 15.0 Å². The van der Waals surface area contributed by atoms with Gasteiger partial charge in [-0.15, -0.1) is 0 Å². The van der Waals surface area contributed by atoms with Gasteiger partial charge in [-0.25, -0.2) is 30.3 Å². The first-order valence-corrected chi connectivity index (χ1v) is 3.76. The van der Waals surface area contributed by atoms with E-state index in [0.29, 0.717) is 15.0 Å². The Hall–Kier alpha value is -2.80. The van der Waals surface area contributed by atoms with Crippen LogP contribution in [0.2, 0.25) is 0 Å². The summed E-state index contributed by atoms with van der Waals surface area (Å²) in [5.74, 6) is 0. The van der Waals surface area contributed by atoms with Crippen LogP contribution in [0.15, 0.2) is 0 Å². The van der Waals surface area contributed by atoms with Crippen molar-refractivity contribution in [2.45, 2.75) is 0 Å². The summed E-state index contributed by atoms with van der Waals surface area (Å²) in [6.45, 7) is -1.78. The quantitative estimate of drug-likeness (QED) is 0.419. The lowest BCUT2D eigenvalue weighted by Gasteiger charge is -2.27. The molecule has 1 saturated heterocycles. The van der Waals surface area contributed by atoms with Crippen LogP contribution in [0.5, 0.6) is 0 Å². The lowest BCUT2D eigenvalue weighted by Crippen LogP contribution is -2.59. The van der Waals surface area contributed by atoms with Crippen molar-refractivity contribution in [3.8, 4) is 0 Å². The molecule has 0 spiro atoms. The molecule has 0 aromatic carbocycles. The third-order valence-electron chi connectivity index (χ3n) is 1.67. The monoisotopic (exact) mass is 254 g/mol. The first kappa shape index (κ1) is 14.2. The Morgan fingerprint density at radius 3 is 0.941 bits per heavy atom. The lowest BCUT2D eigenvalue weighted by molar-refractivity contribution is -0.775. The summed E-state index contributed by atoms with van der Waals surface area (Å²) in [5, 5.41) is 29.3. The largest absolute Gasteiger partial charge is 0.235 e. The average molecular weight is 254 g/mol. The van der Waals surface area contributed by atoms with Gasteiger partial charge in [0.1, 0.15) is 0 Å². The van der Waals surface area contributed by atoms with Gasteiger partial charge < -0.3 is 0 Å². The maximum Gasteiger partial charge on any atom is 0.212 e. The van der Waals surface area contributed by atoms with E-state index in [4.69, 9.17) is 9.93 Å². The van der Waals surface area contributed by atoms with Crippen LogP contribution in [-0.4, -0.2) is 50.1 Å². The molecule has 0 atom stereocenters. The highest BCUT2D eigenvalue weighted by Crippen LogP contribution is 2.06. The van der Waals surface area contributed by atoms with Crippen molar-refractivity contribution in [2.75, 3.05) is 20.0 Å². The molecule has 1 fully saturated rings. The van der Waals surface area contributed by atoms with Gasteiger partial charge in [0.15, 0.2) is 15.1 Å². The third kappa shape index (κ3) is 3.68. The molecular formula is C3H6N6O8. The summed E-state index contributed by atoms with van der Waals surface area (Å²) in [6, 6.07) is 0. The second kappa shape index (κ2) is 5.93. The van der Waals surface area contributed by atoms with Gasteiger partial charge in [-0.3, -0.25) is 0 Å². The second-order valence-electron chi connectivity index (χ2n) is 2.66. The van der Waals surface area contributed by atoms with E-state index in [0.717, 1.165) is 0 Å². The highest BCUT2D eigenvalue weighted by atomic mass is 16.7. The summed E-state index contributed by atoms with van der Waals surface area (Å²) >= 11 is 0. The van der Waals surface area contributed by atoms with Crippen LogP contribution < -0.4 is 0 Å². The molecule has 17 heavy (non-hydrogen) atoms. The molecule has 1 aliphatic heterocycles. The number of hydrogen-bond donors (Lipinski definition) is 0. The lowest BCUT2D eigenvalue weighted by atomic mass is 10.7. The smallest absolute Gasteiger partial charge is 0.212 e. The molecule has 1 heterocycles. The van der Waals surface area contributed by atoms with E-state index in [9.17, 15) is 30.3 Å². The molecule has 0 radical (unpaired) electrons. The van der Waals surface area contributed by atoms with Crippen LogP contribution in [0.25, 0.3) is 0 Å². The topological polar surface area (TPSA) is 173 Å². The van der Waals surface area contributed by atoms with Crippen LogP contribution >= 0.6 is 0 Å². The molecule has 96 valence electrons. The molecule has 1 rings (SSSR count). The van der Waals surface area contributed by atoms with Crippen molar-refractivity contribution in [1.82, 2.24) is 15.0 Å². The minimum Gasteiger partial charge on any atom is -0.235 e. The zero-order valence-electron chi connectivity index (χ0n) is 8.07. The van der Waals surface area contributed by atoms with Gasteiger partial charge >= 0.3 is 0 Å². The summed E-state index contributed by atoms with van der Waals surface area (Å²) in [5.41, 5.74) is 0. The predicted octanol–water partition coefficient (Wildman–Crippen LogP) is -1.58. The molecule has 0 unspecified atom stereocenters. The van der Waals surface area contributed by atoms with Crippen molar-refractivity contribution < 1.29 is 15.1 Å².